The van der Waals surface area contributed by atoms with Gasteiger partial charge in [0, 0.05) is 11.7 Å². The molecule has 1 amide bonds. The minimum absolute atomic E-state index is 0.0802. The molecule has 0 bridgehead atoms. The largest absolute Gasteiger partial charge is 0.300 e. The fraction of sp³-hybridized carbons (Fsp3) is 0.357. The predicted molar refractivity (Wildman–Crippen MR) is 82.0 cm³/mol. The van der Waals surface area contributed by atoms with Gasteiger partial charge in [0.15, 0.2) is 4.34 Å². The number of carbonyl (C=O) groups excluding carboxylic acids is 1. The molecule has 1 fully saturated rings. The molecule has 0 spiro atoms. The van der Waals surface area contributed by atoms with Gasteiger partial charge in [0.05, 0.1) is 0 Å². The molecule has 0 unspecified atom stereocenters. The van der Waals surface area contributed by atoms with Gasteiger partial charge in [-0.3, -0.25) is 4.79 Å². The lowest BCUT2D eigenvalue weighted by Crippen LogP contribution is -2.12. The molecule has 4 nitrogen and oxygen atoms in total. The van der Waals surface area contributed by atoms with Crippen LogP contribution in [0.2, 0.25) is 0 Å². The van der Waals surface area contributed by atoms with E-state index >= 15 is 0 Å². The van der Waals surface area contributed by atoms with Crippen molar-refractivity contribution in [3.05, 3.63) is 35.4 Å². The molecule has 1 aromatic carbocycles. The van der Waals surface area contributed by atoms with Gasteiger partial charge in [-0.05, 0) is 30.9 Å². The molecular weight excluding hydrogens is 290 g/mol. The Balaban J connectivity index is 1.57. The Hall–Kier alpha value is -1.40. The molecule has 1 aromatic heterocycles. The first-order valence-corrected chi connectivity index (χ1v) is 8.34. The van der Waals surface area contributed by atoms with Gasteiger partial charge in [0.1, 0.15) is 0 Å². The van der Waals surface area contributed by atoms with Crippen molar-refractivity contribution in [2.24, 2.45) is 5.92 Å². The normalized spacial score (nSPS) is 14.2. The Morgan fingerprint density at radius 1 is 1.40 bits per heavy atom. The van der Waals surface area contributed by atoms with Gasteiger partial charge >= 0.3 is 0 Å². The van der Waals surface area contributed by atoms with E-state index in [2.05, 4.69) is 34.6 Å². The number of anilines is 1. The van der Waals surface area contributed by atoms with Crippen LogP contribution in [0.25, 0.3) is 0 Å². The number of hydrogen-bond acceptors (Lipinski definition) is 5. The number of aryl methyl sites for hydroxylation is 1. The maximum absolute atomic E-state index is 11.6. The van der Waals surface area contributed by atoms with Crippen molar-refractivity contribution in [2.45, 2.75) is 29.9 Å². The van der Waals surface area contributed by atoms with Crippen molar-refractivity contribution >= 4 is 34.1 Å². The first-order valence-electron chi connectivity index (χ1n) is 6.54. The summed E-state index contributed by atoms with van der Waals surface area (Å²) in [4.78, 5) is 11.6. The molecule has 2 aromatic rings. The summed E-state index contributed by atoms with van der Waals surface area (Å²) in [7, 11) is 0. The molecule has 1 N–H and O–H groups in total. The van der Waals surface area contributed by atoms with Crippen molar-refractivity contribution in [3.63, 3.8) is 0 Å². The van der Waals surface area contributed by atoms with Crippen LogP contribution in [-0.2, 0) is 10.5 Å². The summed E-state index contributed by atoms with van der Waals surface area (Å²) < 4.78 is 0.888. The third-order valence-corrected chi connectivity index (χ3v) is 5.22. The second-order valence-corrected chi connectivity index (χ2v) is 7.05. The number of nitrogens with one attached hydrogen (secondary N) is 1. The van der Waals surface area contributed by atoms with Crippen LogP contribution in [0.5, 0.6) is 0 Å². The monoisotopic (exact) mass is 305 g/mol. The van der Waals surface area contributed by atoms with Crippen molar-refractivity contribution in [3.8, 4) is 0 Å². The Kier molecular flexibility index (Phi) is 4.03. The van der Waals surface area contributed by atoms with E-state index < -0.39 is 0 Å². The molecular formula is C14H15N3OS2. The summed E-state index contributed by atoms with van der Waals surface area (Å²) in [5.41, 5.74) is 2.59. The smallest absolute Gasteiger partial charge is 0.229 e. The van der Waals surface area contributed by atoms with Crippen molar-refractivity contribution in [1.29, 1.82) is 0 Å². The molecule has 1 aliphatic rings. The summed E-state index contributed by atoms with van der Waals surface area (Å²) in [6, 6.07) is 8.32. The second kappa shape index (κ2) is 5.93. The molecule has 0 saturated heterocycles. The van der Waals surface area contributed by atoms with E-state index in [1.807, 2.05) is 12.1 Å². The average Bonchev–Trinajstić information content (AvgIpc) is 3.20. The average molecular weight is 305 g/mol. The quantitative estimate of drug-likeness (QED) is 0.678. The van der Waals surface area contributed by atoms with Gasteiger partial charge in [0.25, 0.3) is 0 Å². The number of rotatable bonds is 5. The molecule has 20 heavy (non-hydrogen) atoms. The topological polar surface area (TPSA) is 54.9 Å². The fourth-order valence-corrected chi connectivity index (χ4v) is 3.61. The Morgan fingerprint density at radius 2 is 2.20 bits per heavy atom. The minimum Gasteiger partial charge on any atom is -0.300 e. The number of nitrogens with zero attached hydrogens (tertiary/aromatic N) is 2. The Morgan fingerprint density at radius 3 is 2.95 bits per heavy atom. The van der Waals surface area contributed by atoms with Gasteiger partial charge < -0.3 is 5.32 Å². The minimum atomic E-state index is 0.0802. The van der Waals surface area contributed by atoms with Crippen LogP contribution in [0.4, 0.5) is 5.13 Å². The van der Waals surface area contributed by atoms with E-state index in [0.29, 0.717) is 5.13 Å². The maximum Gasteiger partial charge on any atom is 0.229 e. The zero-order valence-corrected chi connectivity index (χ0v) is 12.8. The predicted octanol–water partition coefficient (Wildman–Crippen LogP) is 3.49. The summed E-state index contributed by atoms with van der Waals surface area (Å²) in [5.74, 6) is 1.15. The lowest BCUT2D eigenvalue weighted by atomic mass is 10.1. The van der Waals surface area contributed by atoms with E-state index in [1.165, 1.54) is 22.5 Å². The highest BCUT2D eigenvalue weighted by molar-refractivity contribution is 8.00. The van der Waals surface area contributed by atoms with Crippen LogP contribution in [-0.4, -0.2) is 16.1 Å². The summed E-state index contributed by atoms with van der Waals surface area (Å²) >= 11 is 3.09. The second-order valence-electron chi connectivity index (χ2n) is 4.85. The van der Waals surface area contributed by atoms with E-state index in [9.17, 15) is 4.79 Å². The SMILES string of the molecule is Cc1ccccc1CSc1nnc(NC(=O)C2CC2)s1. The molecule has 6 heteroatoms. The zero-order chi connectivity index (χ0) is 13.9. The fourth-order valence-electron chi connectivity index (χ4n) is 1.78. The molecule has 1 aliphatic carbocycles. The molecule has 0 radical (unpaired) electrons. The Bertz CT molecular complexity index is 622. The highest BCUT2D eigenvalue weighted by atomic mass is 32.2. The summed E-state index contributed by atoms with van der Waals surface area (Å²) in [6.45, 7) is 2.11. The van der Waals surface area contributed by atoms with E-state index in [-0.39, 0.29) is 11.8 Å². The molecule has 1 heterocycles. The Labute approximate surface area is 126 Å². The highest BCUT2D eigenvalue weighted by Crippen LogP contribution is 2.32. The summed E-state index contributed by atoms with van der Waals surface area (Å²) in [6.07, 6.45) is 2.00. The molecule has 0 atom stereocenters. The lowest BCUT2D eigenvalue weighted by molar-refractivity contribution is -0.117. The molecule has 1 saturated carbocycles. The number of aromatic nitrogens is 2. The zero-order valence-electron chi connectivity index (χ0n) is 11.1. The van der Waals surface area contributed by atoms with Crippen molar-refractivity contribution < 1.29 is 4.79 Å². The highest BCUT2D eigenvalue weighted by Gasteiger charge is 2.30. The first-order chi connectivity index (χ1) is 9.72. The number of hydrogen-bond donors (Lipinski definition) is 1. The van der Waals surface area contributed by atoms with Crippen LogP contribution in [0.3, 0.4) is 0 Å². The van der Waals surface area contributed by atoms with E-state index in [0.717, 1.165) is 22.9 Å². The molecule has 3 rings (SSSR count). The number of thioether (sulfide) groups is 1. The van der Waals surface area contributed by atoms with Crippen LogP contribution in [0.1, 0.15) is 24.0 Å². The maximum atomic E-state index is 11.6. The standard InChI is InChI=1S/C14H15N3OS2/c1-9-4-2-3-5-11(9)8-19-14-17-16-13(20-14)15-12(18)10-6-7-10/h2-5,10H,6-8H2,1H3,(H,15,16,18). The van der Waals surface area contributed by atoms with Crippen molar-refractivity contribution in [2.75, 3.05) is 5.32 Å². The van der Waals surface area contributed by atoms with Crippen LogP contribution < -0.4 is 5.32 Å². The lowest BCUT2D eigenvalue weighted by Gasteiger charge is -2.02. The van der Waals surface area contributed by atoms with Crippen molar-refractivity contribution in [1.82, 2.24) is 10.2 Å². The van der Waals surface area contributed by atoms with Gasteiger partial charge in [-0.2, -0.15) is 0 Å². The molecule has 0 aliphatic heterocycles. The number of carbonyl (C=O) groups is 1. The summed E-state index contributed by atoms with van der Waals surface area (Å²) in [5, 5.41) is 11.6. The third-order valence-electron chi connectivity index (χ3n) is 3.20. The van der Waals surface area contributed by atoms with Crippen LogP contribution in [0, 0.1) is 12.8 Å². The van der Waals surface area contributed by atoms with Crippen LogP contribution >= 0.6 is 23.1 Å². The van der Waals surface area contributed by atoms with E-state index in [4.69, 9.17) is 0 Å². The van der Waals surface area contributed by atoms with Gasteiger partial charge in [-0.25, -0.2) is 0 Å². The van der Waals surface area contributed by atoms with Gasteiger partial charge in [-0.15, -0.1) is 10.2 Å². The van der Waals surface area contributed by atoms with Gasteiger partial charge in [0.2, 0.25) is 11.0 Å². The molecule has 104 valence electrons. The van der Waals surface area contributed by atoms with Crippen LogP contribution in [0.15, 0.2) is 28.6 Å². The van der Waals surface area contributed by atoms with E-state index in [1.54, 1.807) is 11.8 Å². The number of benzene rings is 1. The number of amides is 1. The first kappa shape index (κ1) is 13.6. The van der Waals surface area contributed by atoms with Gasteiger partial charge in [-0.1, -0.05) is 47.4 Å². The third kappa shape index (κ3) is 3.37.